The highest BCUT2D eigenvalue weighted by molar-refractivity contribution is 5.38. The van der Waals surface area contributed by atoms with E-state index < -0.39 is 0 Å². The number of nitrogens with one attached hydrogen (secondary N) is 1. The summed E-state index contributed by atoms with van der Waals surface area (Å²) in [5.41, 5.74) is 2.26. The van der Waals surface area contributed by atoms with Crippen LogP contribution in [-0.4, -0.2) is 25.3 Å². The molecule has 21 heavy (non-hydrogen) atoms. The molecule has 0 saturated carbocycles. The van der Waals surface area contributed by atoms with Gasteiger partial charge in [-0.2, -0.15) is 5.10 Å². The first-order valence-corrected chi connectivity index (χ1v) is 7.57. The lowest BCUT2D eigenvalue weighted by Crippen LogP contribution is -2.35. The summed E-state index contributed by atoms with van der Waals surface area (Å²) in [5, 5.41) is 8.13. The summed E-state index contributed by atoms with van der Waals surface area (Å²) in [7, 11) is 0. The van der Waals surface area contributed by atoms with Gasteiger partial charge in [-0.3, -0.25) is 4.98 Å². The Labute approximate surface area is 126 Å². The van der Waals surface area contributed by atoms with Gasteiger partial charge in [0.1, 0.15) is 5.82 Å². The molecule has 0 amide bonds. The molecule has 5 heteroatoms. The first-order valence-electron chi connectivity index (χ1n) is 7.57. The third kappa shape index (κ3) is 3.88. The number of hydrogen-bond donors (Lipinski definition) is 1. The van der Waals surface area contributed by atoms with Crippen molar-refractivity contribution in [2.24, 2.45) is 0 Å². The third-order valence-corrected chi connectivity index (χ3v) is 3.27. The zero-order valence-electron chi connectivity index (χ0n) is 13.6. The quantitative estimate of drug-likeness (QED) is 0.918. The highest BCUT2D eigenvalue weighted by atomic mass is 15.4. The molecule has 114 valence electrons. The maximum Gasteiger partial charge on any atom is 0.151 e. The van der Waals surface area contributed by atoms with Crippen molar-refractivity contribution in [2.75, 3.05) is 0 Å². The lowest BCUT2D eigenvalue weighted by atomic mass is 10.1. The fraction of sp³-hybridized carbons (Fsp3) is 0.562. The van der Waals surface area contributed by atoms with Crippen LogP contribution in [0.2, 0.25) is 0 Å². The van der Waals surface area contributed by atoms with Crippen LogP contribution in [0, 0.1) is 0 Å². The topological polar surface area (TPSA) is 55.6 Å². The van der Waals surface area contributed by atoms with Crippen molar-refractivity contribution >= 4 is 0 Å². The van der Waals surface area contributed by atoms with Gasteiger partial charge in [0.15, 0.2) is 5.82 Å². The molecule has 1 N–H and O–H groups in total. The van der Waals surface area contributed by atoms with Gasteiger partial charge in [0.25, 0.3) is 0 Å². The summed E-state index contributed by atoms with van der Waals surface area (Å²) in [6, 6.07) is 2.01. The molecular formula is C16H25N5. The highest BCUT2D eigenvalue weighted by Gasteiger charge is 2.15. The first-order chi connectivity index (χ1) is 9.94. The maximum absolute atomic E-state index is 4.62. The van der Waals surface area contributed by atoms with Crippen LogP contribution >= 0.6 is 0 Å². The van der Waals surface area contributed by atoms with Gasteiger partial charge in [0, 0.05) is 42.9 Å². The van der Waals surface area contributed by atoms with E-state index in [0.29, 0.717) is 0 Å². The molecule has 0 spiro atoms. The van der Waals surface area contributed by atoms with Crippen molar-refractivity contribution in [3.05, 3.63) is 35.7 Å². The Morgan fingerprint density at radius 2 is 1.95 bits per heavy atom. The Morgan fingerprint density at radius 3 is 2.57 bits per heavy atom. The molecule has 0 unspecified atom stereocenters. The van der Waals surface area contributed by atoms with Gasteiger partial charge in [-0.05, 0) is 26.8 Å². The van der Waals surface area contributed by atoms with E-state index in [1.54, 1.807) is 0 Å². The van der Waals surface area contributed by atoms with Crippen LogP contribution in [0.3, 0.4) is 0 Å². The van der Waals surface area contributed by atoms with Gasteiger partial charge >= 0.3 is 0 Å². The van der Waals surface area contributed by atoms with Crippen LogP contribution in [0.15, 0.2) is 18.5 Å². The van der Waals surface area contributed by atoms with E-state index in [9.17, 15) is 0 Å². The number of pyridine rings is 1. The number of aryl methyl sites for hydroxylation is 2. The first kappa shape index (κ1) is 15.6. The molecule has 0 fully saturated rings. The Morgan fingerprint density at radius 1 is 1.19 bits per heavy atom. The van der Waals surface area contributed by atoms with E-state index in [1.807, 2.05) is 23.1 Å². The maximum atomic E-state index is 4.62. The Balaban J connectivity index is 2.37. The minimum atomic E-state index is 0.0671. The number of rotatable bonds is 5. The molecule has 2 heterocycles. The van der Waals surface area contributed by atoms with Gasteiger partial charge in [0.05, 0.1) is 5.69 Å². The Hall–Kier alpha value is -1.75. The van der Waals surface area contributed by atoms with Crippen molar-refractivity contribution in [3.63, 3.8) is 0 Å². The highest BCUT2D eigenvalue weighted by Crippen LogP contribution is 2.16. The van der Waals surface area contributed by atoms with Crippen LogP contribution in [0.25, 0.3) is 5.69 Å². The molecule has 2 aromatic rings. The standard InChI is InChI=1S/C16H25N5/c1-6-14-19-15(7-2)21(20-14)13-8-9-17-10-12(13)11-18-16(3,4)5/h8-10,18H,6-7,11H2,1-5H3. The van der Waals surface area contributed by atoms with E-state index in [-0.39, 0.29) is 5.54 Å². The van der Waals surface area contributed by atoms with Crippen molar-refractivity contribution in [3.8, 4) is 5.69 Å². The van der Waals surface area contributed by atoms with Crippen LogP contribution in [-0.2, 0) is 19.4 Å². The molecule has 2 rings (SSSR count). The summed E-state index contributed by atoms with van der Waals surface area (Å²) in [6.45, 7) is 11.4. The average Bonchev–Trinajstić information content (AvgIpc) is 2.88. The predicted octanol–water partition coefficient (Wildman–Crippen LogP) is 2.68. The van der Waals surface area contributed by atoms with Crippen molar-refractivity contribution in [2.45, 2.75) is 59.5 Å². The summed E-state index contributed by atoms with van der Waals surface area (Å²) >= 11 is 0. The monoisotopic (exact) mass is 287 g/mol. The molecule has 0 aliphatic heterocycles. The van der Waals surface area contributed by atoms with E-state index >= 15 is 0 Å². The fourth-order valence-corrected chi connectivity index (χ4v) is 2.09. The predicted molar refractivity (Wildman–Crippen MR) is 84.5 cm³/mol. The van der Waals surface area contributed by atoms with Crippen LogP contribution < -0.4 is 5.32 Å². The summed E-state index contributed by atoms with van der Waals surface area (Å²) < 4.78 is 1.96. The van der Waals surface area contributed by atoms with Gasteiger partial charge in [-0.15, -0.1) is 0 Å². The Bertz CT molecular complexity index is 595. The molecule has 2 aromatic heterocycles. The van der Waals surface area contributed by atoms with Crippen molar-refractivity contribution in [1.82, 2.24) is 25.1 Å². The van der Waals surface area contributed by atoms with E-state index in [2.05, 4.69) is 55.0 Å². The zero-order valence-corrected chi connectivity index (χ0v) is 13.6. The minimum Gasteiger partial charge on any atom is -0.308 e. The number of hydrogen-bond acceptors (Lipinski definition) is 4. The van der Waals surface area contributed by atoms with Crippen molar-refractivity contribution in [1.29, 1.82) is 0 Å². The molecule has 0 bridgehead atoms. The largest absolute Gasteiger partial charge is 0.308 e. The van der Waals surface area contributed by atoms with Gasteiger partial charge in [-0.25, -0.2) is 9.67 Å². The zero-order chi connectivity index (χ0) is 15.5. The molecular weight excluding hydrogens is 262 g/mol. The van der Waals surface area contributed by atoms with Crippen LogP contribution in [0.5, 0.6) is 0 Å². The molecule has 5 nitrogen and oxygen atoms in total. The van der Waals surface area contributed by atoms with Gasteiger partial charge in [0.2, 0.25) is 0 Å². The molecule has 0 aliphatic rings. The molecule has 0 radical (unpaired) electrons. The molecule has 0 atom stereocenters. The molecule has 0 saturated heterocycles. The smallest absolute Gasteiger partial charge is 0.151 e. The van der Waals surface area contributed by atoms with Gasteiger partial charge < -0.3 is 5.32 Å². The lowest BCUT2D eigenvalue weighted by Gasteiger charge is -2.21. The minimum absolute atomic E-state index is 0.0671. The Kier molecular flexibility index (Phi) is 4.73. The normalized spacial score (nSPS) is 11.9. The molecule has 0 aliphatic carbocycles. The van der Waals surface area contributed by atoms with Crippen LogP contribution in [0.1, 0.15) is 51.8 Å². The van der Waals surface area contributed by atoms with E-state index in [4.69, 9.17) is 0 Å². The molecule has 0 aromatic carbocycles. The fourth-order valence-electron chi connectivity index (χ4n) is 2.09. The van der Waals surface area contributed by atoms with Gasteiger partial charge in [-0.1, -0.05) is 13.8 Å². The van der Waals surface area contributed by atoms with Crippen molar-refractivity contribution < 1.29 is 0 Å². The summed E-state index contributed by atoms with van der Waals surface area (Å²) in [6.07, 6.45) is 5.42. The SMILES string of the molecule is CCc1nc(CC)n(-c2ccncc2CNC(C)(C)C)n1. The second-order valence-electron chi connectivity index (χ2n) is 6.17. The number of aromatic nitrogens is 4. The number of nitrogens with zero attached hydrogens (tertiary/aromatic N) is 4. The lowest BCUT2D eigenvalue weighted by molar-refractivity contribution is 0.423. The summed E-state index contributed by atoms with van der Waals surface area (Å²) in [5.74, 6) is 1.88. The third-order valence-electron chi connectivity index (χ3n) is 3.27. The summed E-state index contributed by atoms with van der Waals surface area (Å²) in [4.78, 5) is 8.84. The second-order valence-corrected chi connectivity index (χ2v) is 6.17. The second kappa shape index (κ2) is 6.35. The average molecular weight is 287 g/mol. The van der Waals surface area contributed by atoms with E-state index in [1.165, 1.54) is 0 Å². The van der Waals surface area contributed by atoms with E-state index in [0.717, 1.165) is 42.3 Å². The van der Waals surface area contributed by atoms with Crippen LogP contribution in [0.4, 0.5) is 0 Å².